The van der Waals surface area contributed by atoms with Crippen molar-refractivity contribution in [3.05, 3.63) is 69.4 Å². The van der Waals surface area contributed by atoms with Gasteiger partial charge in [0.2, 0.25) is 0 Å². The number of amides is 1. The van der Waals surface area contributed by atoms with Gasteiger partial charge in [0.25, 0.3) is 0 Å². The van der Waals surface area contributed by atoms with Crippen molar-refractivity contribution < 1.29 is 14.3 Å². The SMILES string of the molecule is COc1c(C)cccc1-c1nc2c(cc1C#N)c(N1CCN(C(=O)OC(C)(C)C)C[C@@H]1C)nc(=O)n2-c1c(C)ccnc1C(C)C. The van der Waals surface area contributed by atoms with Crippen molar-refractivity contribution in [2.24, 2.45) is 0 Å². The van der Waals surface area contributed by atoms with E-state index in [9.17, 15) is 14.9 Å². The maximum Gasteiger partial charge on any atom is 0.410 e. The van der Waals surface area contributed by atoms with E-state index in [4.69, 9.17) is 14.5 Å². The second kappa shape index (κ2) is 12.4. The van der Waals surface area contributed by atoms with Crippen molar-refractivity contribution in [1.82, 2.24) is 24.4 Å². The molecule has 4 heterocycles. The zero-order valence-corrected chi connectivity index (χ0v) is 28.0. The number of para-hydroxylation sites is 1. The fourth-order valence-electron chi connectivity index (χ4n) is 6.00. The van der Waals surface area contributed by atoms with Crippen LogP contribution in [0.1, 0.15) is 69.8 Å². The molecule has 0 N–H and O–H groups in total. The zero-order chi connectivity index (χ0) is 33.5. The Morgan fingerprint density at radius 2 is 1.85 bits per heavy atom. The number of pyridine rings is 2. The van der Waals surface area contributed by atoms with Crippen LogP contribution in [-0.2, 0) is 4.74 Å². The van der Waals surface area contributed by atoms with Crippen molar-refractivity contribution in [2.45, 2.75) is 73.0 Å². The molecule has 0 saturated carbocycles. The average molecular weight is 624 g/mol. The molecule has 0 bridgehead atoms. The summed E-state index contributed by atoms with van der Waals surface area (Å²) >= 11 is 0. The first-order chi connectivity index (χ1) is 21.7. The highest BCUT2D eigenvalue weighted by molar-refractivity contribution is 5.93. The Hall–Kier alpha value is -4.98. The molecule has 11 heteroatoms. The second-order valence-corrected chi connectivity index (χ2v) is 13.1. The highest BCUT2D eigenvalue weighted by Crippen LogP contribution is 2.37. The number of nitrogens with zero attached hydrogens (tertiary/aromatic N) is 7. The largest absolute Gasteiger partial charge is 0.496 e. The summed E-state index contributed by atoms with van der Waals surface area (Å²) in [5, 5.41) is 11.0. The molecule has 11 nitrogen and oxygen atoms in total. The normalized spacial score (nSPS) is 15.3. The van der Waals surface area contributed by atoms with Crippen LogP contribution in [0, 0.1) is 25.2 Å². The van der Waals surface area contributed by atoms with E-state index in [0.29, 0.717) is 64.7 Å². The Balaban J connectivity index is 1.78. The minimum absolute atomic E-state index is 0.00667. The van der Waals surface area contributed by atoms with Gasteiger partial charge in [0.1, 0.15) is 23.2 Å². The van der Waals surface area contributed by atoms with Crippen LogP contribution in [0.3, 0.4) is 0 Å². The minimum atomic E-state index is -0.615. The van der Waals surface area contributed by atoms with Gasteiger partial charge in [-0.05, 0) is 76.8 Å². The fourth-order valence-corrected chi connectivity index (χ4v) is 6.00. The number of fused-ring (bicyclic) bond motifs is 1. The fraction of sp³-hybridized carbons (Fsp3) is 0.429. The molecule has 1 atom stereocenters. The molecule has 240 valence electrons. The number of aromatic nitrogens is 4. The Morgan fingerprint density at radius 3 is 2.48 bits per heavy atom. The van der Waals surface area contributed by atoms with E-state index in [0.717, 1.165) is 16.8 Å². The van der Waals surface area contributed by atoms with Crippen LogP contribution in [-0.4, -0.2) is 68.9 Å². The van der Waals surface area contributed by atoms with E-state index in [1.807, 2.05) is 84.6 Å². The van der Waals surface area contributed by atoms with Gasteiger partial charge in [-0.15, -0.1) is 0 Å². The predicted molar refractivity (Wildman–Crippen MR) is 178 cm³/mol. The number of nitriles is 1. The molecule has 4 aromatic rings. The quantitative estimate of drug-likeness (QED) is 0.267. The summed E-state index contributed by atoms with van der Waals surface area (Å²) in [6, 6.07) is 11.4. The summed E-state index contributed by atoms with van der Waals surface area (Å²) in [7, 11) is 1.59. The van der Waals surface area contributed by atoms with Crippen molar-refractivity contribution in [3.8, 4) is 28.8 Å². The van der Waals surface area contributed by atoms with Gasteiger partial charge < -0.3 is 19.3 Å². The van der Waals surface area contributed by atoms with Crippen molar-refractivity contribution in [3.63, 3.8) is 0 Å². The number of aryl methyl sites for hydroxylation is 2. The van der Waals surface area contributed by atoms with Gasteiger partial charge in [-0.2, -0.15) is 10.2 Å². The zero-order valence-electron chi connectivity index (χ0n) is 28.0. The Bertz CT molecular complexity index is 1920. The molecule has 1 amide bonds. The number of benzene rings is 1. The number of hydrogen-bond donors (Lipinski definition) is 0. The molecule has 0 spiro atoms. The minimum Gasteiger partial charge on any atom is -0.496 e. The average Bonchev–Trinajstić information content (AvgIpc) is 2.99. The number of hydrogen-bond acceptors (Lipinski definition) is 9. The van der Waals surface area contributed by atoms with Crippen LogP contribution < -0.4 is 15.3 Å². The van der Waals surface area contributed by atoms with Crippen LogP contribution in [0.5, 0.6) is 5.75 Å². The van der Waals surface area contributed by atoms with Gasteiger partial charge in [0.05, 0.1) is 35.1 Å². The van der Waals surface area contributed by atoms with Crippen LogP contribution in [0.2, 0.25) is 0 Å². The van der Waals surface area contributed by atoms with E-state index in [1.165, 1.54) is 4.57 Å². The number of anilines is 1. The van der Waals surface area contributed by atoms with Crippen molar-refractivity contribution in [2.75, 3.05) is 31.6 Å². The van der Waals surface area contributed by atoms with Gasteiger partial charge in [-0.3, -0.25) is 4.98 Å². The van der Waals surface area contributed by atoms with E-state index >= 15 is 0 Å². The summed E-state index contributed by atoms with van der Waals surface area (Å²) in [5.74, 6) is 1.01. The van der Waals surface area contributed by atoms with Gasteiger partial charge >= 0.3 is 11.8 Å². The van der Waals surface area contributed by atoms with E-state index in [1.54, 1.807) is 24.3 Å². The molecule has 46 heavy (non-hydrogen) atoms. The molecule has 1 saturated heterocycles. The monoisotopic (exact) mass is 623 g/mol. The van der Waals surface area contributed by atoms with E-state index < -0.39 is 11.3 Å². The molecular weight excluding hydrogens is 582 g/mol. The summed E-state index contributed by atoms with van der Waals surface area (Å²) in [6.45, 7) is 16.6. The molecule has 0 radical (unpaired) electrons. The maximum absolute atomic E-state index is 14.2. The number of rotatable bonds is 5. The number of carbonyl (C=O) groups is 1. The number of methoxy groups -OCH3 is 1. The lowest BCUT2D eigenvalue weighted by Crippen LogP contribution is -2.55. The number of ether oxygens (including phenoxy) is 2. The molecule has 1 aliphatic rings. The standard InChI is InChI=1S/C35H41N7O4/c1-20(2)27-29(21(3)13-14-37-27)42-32-26(17-24(18-36)28(38-32)25-12-10-11-22(4)30(25)45-9)31(39-33(42)43)41-16-15-40(19-23(41)5)34(44)46-35(6,7)8/h10-14,17,20,23H,15-16,19H2,1-9H3/t23-/m0/s1. The molecule has 5 rings (SSSR count). The van der Waals surface area contributed by atoms with E-state index in [2.05, 4.69) is 16.0 Å². The third kappa shape index (κ3) is 5.99. The Labute approximate surface area is 269 Å². The van der Waals surface area contributed by atoms with Gasteiger partial charge in [0, 0.05) is 37.4 Å². The highest BCUT2D eigenvalue weighted by atomic mass is 16.6. The maximum atomic E-state index is 14.2. The molecule has 0 unspecified atom stereocenters. The number of carbonyl (C=O) groups excluding carboxylic acids is 1. The third-order valence-electron chi connectivity index (χ3n) is 8.12. The smallest absolute Gasteiger partial charge is 0.410 e. The van der Waals surface area contributed by atoms with Crippen molar-refractivity contribution in [1.29, 1.82) is 5.26 Å². The lowest BCUT2D eigenvalue weighted by Gasteiger charge is -2.41. The van der Waals surface area contributed by atoms with Gasteiger partial charge in [-0.25, -0.2) is 19.1 Å². The van der Waals surface area contributed by atoms with Crippen molar-refractivity contribution >= 4 is 22.9 Å². The summed E-state index contributed by atoms with van der Waals surface area (Å²) < 4.78 is 12.9. The Kier molecular flexibility index (Phi) is 8.76. The molecule has 3 aromatic heterocycles. The summed E-state index contributed by atoms with van der Waals surface area (Å²) in [5.41, 5.74) is 3.67. The molecular formula is C35H41N7O4. The molecule has 1 aliphatic heterocycles. The molecule has 1 aromatic carbocycles. The topological polar surface area (TPSA) is 126 Å². The van der Waals surface area contributed by atoms with Crippen LogP contribution in [0.4, 0.5) is 10.6 Å². The first kappa shape index (κ1) is 32.4. The highest BCUT2D eigenvalue weighted by Gasteiger charge is 2.33. The predicted octanol–water partition coefficient (Wildman–Crippen LogP) is 5.91. The third-order valence-corrected chi connectivity index (χ3v) is 8.12. The summed E-state index contributed by atoms with van der Waals surface area (Å²) in [4.78, 5) is 45.2. The lowest BCUT2D eigenvalue weighted by atomic mass is 10.0. The van der Waals surface area contributed by atoms with Crippen LogP contribution in [0.25, 0.3) is 28.0 Å². The Morgan fingerprint density at radius 1 is 1.11 bits per heavy atom. The van der Waals surface area contributed by atoms with Crippen LogP contribution >= 0.6 is 0 Å². The van der Waals surface area contributed by atoms with E-state index in [-0.39, 0.29) is 18.1 Å². The lowest BCUT2D eigenvalue weighted by molar-refractivity contribution is 0.0218. The first-order valence-electron chi connectivity index (χ1n) is 15.5. The number of piperazine rings is 1. The first-order valence-corrected chi connectivity index (χ1v) is 15.5. The second-order valence-electron chi connectivity index (χ2n) is 13.1. The molecule has 0 aliphatic carbocycles. The molecule has 1 fully saturated rings. The van der Waals surface area contributed by atoms with Gasteiger partial charge in [0.15, 0.2) is 5.65 Å². The van der Waals surface area contributed by atoms with Gasteiger partial charge in [-0.1, -0.05) is 26.0 Å². The summed E-state index contributed by atoms with van der Waals surface area (Å²) in [6.07, 6.45) is 1.35. The van der Waals surface area contributed by atoms with Crippen LogP contribution in [0.15, 0.2) is 41.3 Å².